The van der Waals surface area contributed by atoms with E-state index >= 15 is 0 Å². The van der Waals surface area contributed by atoms with Crippen molar-refractivity contribution in [2.75, 3.05) is 18.8 Å². The van der Waals surface area contributed by atoms with Crippen molar-refractivity contribution in [2.24, 2.45) is 0 Å². The molecule has 3 heterocycles. The third-order valence-corrected chi connectivity index (χ3v) is 6.00. The lowest BCUT2D eigenvalue weighted by molar-refractivity contribution is 0.317. The minimum Gasteiger partial charge on any atom is -0.237 e. The molecule has 0 aliphatic carbocycles. The van der Waals surface area contributed by atoms with Gasteiger partial charge in [-0.25, -0.2) is 22.7 Å². The molecule has 5 nitrogen and oxygen atoms in total. The first-order valence-electron chi connectivity index (χ1n) is 7.29. The van der Waals surface area contributed by atoms with Crippen LogP contribution in [0.15, 0.2) is 30.5 Å². The van der Waals surface area contributed by atoms with Crippen LogP contribution in [0.25, 0.3) is 11.0 Å². The second kappa shape index (κ2) is 5.69. The van der Waals surface area contributed by atoms with E-state index in [1.165, 1.54) is 0 Å². The summed E-state index contributed by atoms with van der Waals surface area (Å²) in [6.07, 6.45) is 3.39. The third kappa shape index (κ3) is 2.91. The molecule has 0 bridgehead atoms. The van der Waals surface area contributed by atoms with E-state index in [1.807, 2.05) is 24.3 Å². The average Bonchev–Trinajstić information content (AvgIpc) is 2.54. The lowest BCUT2D eigenvalue weighted by Crippen LogP contribution is -2.38. The van der Waals surface area contributed by atoms with Crippen molar-refractivity contribution in [3.05, 3.63) is 36.2 Å². The van der Waals surface area contributed by atoms with Crippen molar-refractivity contribution in [3.8, 4) is 0 Å². The number of sulfonamides is 1. The summed E-state index contributed by atoms with van der Waals surface area (Å²) in [6.45, 7) is 2.86. The highest BCUT2D eigenvalue weighted by atomic mass is 32.2. The van der Waals surface area contributed by atoms with Crippen LogP contribution in [-0.4, -0.2) is 41.5 Å². The number of hydrogen-bond acceptors (Lipinski definition) is 4. The van der Waals surface area contributed by atoms with E-state index in [4.69, 9.17) is 0 Å². The molecular formula is C15H19N3O2S. The zero-order valence-corrected chi connectivity index (χ0v) is 12.9. The van der Waals surface area contributed by atoms with Gasteiger partial charge in [0.2, 0.25) is 10.0 Å². The van der Waals surface area contributed by atoms with Gasteiger partial charge in [-0.2, -0.15) is 0 Å². The summed E-state index contributed by atoms with van der Waals surface area (Å²) in [7, 11) is -3.06. The molecule has 6 heteroatoms. The molecule has 0 N–H and O–H groups in total. The van der Waals surface area contributed by atoms with Crippen LogP contribution in [0.5, 0.6) is 0 Å². The number of hydrogen-bond donors (Lipinski definition) is 0. The fourth-order valence-corrected chi connectivity index (χ4v) is 3.94. The number of pyridine rings is 2. The third-order valence-electron chi connectivity index (χ3n) is 4.12. The normalized spacial score (nSPS) is 18.1. The highest BCUT2D eigenvalue weighted by molar-refractivity contribution is 7.89. The van der Waals surface area contributed by atoms with Crippen molar-refractivity contribution in [1.29, 1.82) is 0 Å². The van der Waals surface area contributed by atoms with Crippen molar-refractivity contribution < 1.29 is 8.42 Å². The Balaban J connectivity index is 1.76. The molecule has 0 unspecified atom stereocenters. The Bertz CT molecular complexity index is 737. The zero-order chi connectivity index (χ0) is 14.9. The molecule has 112 valence electrons. The van der Waals surface area contributed by atoms with Gasteiger partial charge in [0.05, 0.1) is 5.75 Å². The number of aromatic nitrogens is 2. The van der Waals surface area contributed by atoms with Gasteiger partial charge in [0.25, 0.3) is 0 Å². The van der Waals surface area contributed by atoms with Gasteiger partial charge in [-0.05, 0) is 44.0 Å². The highest BCUT2D eigenvalue weighted by Crippen LogP contribution is 2.28. The van der Waals surface area contributed by atoms with Crippen LogP contribution in [0.1, 0.15) is 31.4 Å². The smallest absolute Gasteiger partial charge is 0.213 e. The van der Waals surface area contributed by atoms with Gasteiger partial charge in [-0.1, -0.05) is 0 Å². The number of piperidine rings is 1. The molecule has 1 saturated heterocycles. The fourth-order valence-electron chi connectivity index (χ4n) is 2.81. The first kappa shape index (κ1) is 14.4. The standard InChI is InChI=1S/C15H19N3O2S/c1-2-21(19,20)18-10-7-12(8-11-18)14-6-5-13-4-3-9-16-15(13)17-14/h3-6,9,12H,2,7-8,10-11H2,1H3. The summed E-state index contributed by atoms with van der Waals surface area (Å²) >= 11 is 0. The Kier molecular flexibility index (Phi) is 3.91. The van der Waals surface area contributed by atoms with Crippen molar-refractivity contribution in [2.45, 2.75) is 25.7 Å². The molecule has 2 aromatic rings. The number of fused-ring (bicyclic) bond motifs is 1. The van der Waals surface area contributed by atoms with E-state index in [-0.39, 0.29) is 5.75 Å². The Hall–Kier alpha value is -1.53. The van der Waals surface area contributed by atoms with Crippen LogP contribution in [-0.2, 0) is 10.0 Å². The maximum absolute atomic E-state index is 11.9. The van der Waals surface area contributed by atoms with Gasteiger partial charge in [0, 0.05) is 36.3 Å². The summed E-state index contributed by atoms with van der Waals surface area (Å²) < 4.78 is 25.3. The molecule has 3 rings (SSSR count). The molecule has 0 aromatic carbocycles. The summed E-state index contributed by atoms with van der Waals surface area (Å²) in [5.41, 5.74) is 1.79. The second-order valence-electron chi connectivity index (χ2n) is 5.36. The van der Waals surface area contributed by atoms with Crippen LogP contribution >= 0.6 is 0 Å². The molecule has 2 aromatic heterocycles. The van der Waals surface area contributed by atoms with E-state index < -0.39 is 10.0 Å². The maximum Gasteiger partial charge on any atom is 0.213 e. The molecule has 0 spiro atoms. The monoisotopic (exact) mass is 305 g/mol. The minimum atomic E-state index is -3.06. The molecular weight excluding hydrogens is 286 g/mol. The van der Waals surface area contributed by atoms with E-state index in [0.29, 0.717) is 19.0 Å². The Morgan fingerprint density at radius 1 is 1.24 bits per heavy atom. The molecule has 1 aliphatic rings. The Morgan fingerprint density at radius 3 is 2.71 bits per heavy atom. The van der Waals surface area contributed by atoms with Crippen molar-refractivity contribution in [1.82, 2.24) is 14.3 Å². The van der Waals surface area contributed by atoms with E-state index in [1.54, 1.807) is 17.4 Å². The van der Waals surface area contributed by atoms with Crippen molar-refractivity contribution in [3.63, 3.8) is 0 Å². The lowest BCUT2D eigenvalue weighted by Gasteiger charge is -2.30. The van der Waals surface area contributed by atoms with Gasteiger partial charge < -0.3 is 0 Å². The lowest BCUT2D eigenvalue weighted by atomic mass is 9.94. The van der Waals surface area contributed by atoms with Gasteiger partial charge in [-0.3, -0.25) is 0 Å². The highest BCUT2D eigenvalue weighted by Gasteiger charge is 2.28. The van der Waals surface area contributed by atoms with Crippen LogP contribution < -0.4 is 0 Å². The Morgan fingerprint density at radius 2 is 2.00 bits per heavy atom. The maximum atomic E-state index is 11.9. The average molecular weight is 305 g/mol. The van der Waals surface area contributed by atoms with Gasteiger partial charge >= 0.3 is 0 Å². The summed E-state index contributed by atoms with van der Waals surface area (Å²) in [5.74, 6) is 0.496. The number of nitrogens with zero attached hydrogens (tertiary/aromatic N) is 3. The topological polar surface area (TPSA) is 63.2 Å². The predicted octanol–water partition coefficient (Wildman–Crippen LogP) is 2.16. The molecule has 0 radical (unpaired) electrons. The molecule has 21 heavy (non-hydrogen) atoms. The second-order valence-corrected chi connectivity index (χ2v) is 7.62. The summed E-state index contributed by atoms with van der Waals surface area (Å²) in [6, 6.07) is 7.98. The summed E-state index contributed by atoms with van der Waals surface area (Å²) in [4.78, 5) is 8.91. The van der Waals surface area contributed by atoms with E-state index in [9.17, 15) is 8.42 Å². The first-order chi connectivity index (χ1) is 10.1. The van der Waals surface area contributed by atoms with Crippen LogP contribution in [0, 0.1) is 0 Å². The molecule has 1 fully saturated rings. The van der Waals surface area contributed by atoms with Crippen LogP contribution in [0.3, 0.4) is 0 Å². The first-order valence-corrected chi connectivity index (χ1v) is 8.90. The number of rotatable bonds is 3. The molecule has 0 saturated carbocycles. The van der Waals surface area contributed by atoms with E-state index in [0.717, 1.165) is 29.6 Å². The Labute approximate surface area is 125 Å². The van der Waals surface area contributed by atoms with Gasteiger partial charge in [0.1, 0.15) is 0 Å². The molecule has 0 amide bonds. The quantitative estimate of drug-likeness (QED) is 0.871. The van der Waals surface area contributed by atoms with Gasteiger partial charge in [-0.15, -0.1) is 0 Å². The van der Waals surface area contributed by atoms with Crippen LogP contribution in [0.4, 0.5) is 0 Å². The molecule has 0 atom stereocenters. The van der Waals surface area contributed by atoms with Crippen LogP contribution in [0.2, 0.25) is 0 Å². The predicted molar refractivity (Wildman–Crippen MR) is 82.5 cm³/mol. The minimum absolute atomic E-state index is 0.176. The van der Waals surface area contributed by atoms with E-state index in [2.05, 4.69) is 9.97 Å². The summed E-state index contributed by atoms with van der Waals surface area (Å²) in [5, 5.41) is 1.03. The fraction of sp³-hybridized carbons (Fsp3) is 0.467. The van der Waals surface area contributed by atoms with Crippen molar-refractivity contribution >= 4 is 21.1 Å². The largest absolute Gasteiger partial charge is 0.237 e. The zero-order valence-electron chi connectivity index (χ0n) is 12.1. The van der Waals surface area contributed by atoms with Gasteiger partial charge in [0.15, 0.2) is 5.65 Å². The molecule has 1 aliphatic heterocycles. The SMILES string of the molecule is CCS(=O)(=O)N1CCC(c2ccc3cccnc3n2)CC1.